The second-order valence-corrected chi connectivity index (χ2v) is 10.2. The molecule has 31 heavy (non-hydrogen) atoms. The number of rotatable bonds is 7. The maximum atomic E-state index is 12.9. The van der Waals surface area contributed by atoms with Crippen molar-refractivity contribution in [1.82, 2.24) is 19.1 Å². The third-order valence-corrected chi connectivity index (χ3v) is 8.21. The van der Waals surface area contributed by atoms with Crippen LogP contribution in [0.25, 0.3) is 11.4 Å². The van der Waals surface area contributed by atoms with E-state index in [1.165, 1.54) is 0 Å². The first kappa shape index (κ1) is 21.6. The van der Waals surface area contributed by atoms with Gasteiger partial charge in [0.2, 0.25) is 10.0 Å². The number of benzene rings is 2. The molecule has 1 aliphatic heterocycles. The lowest BCUT2D eigenvalue weighted by Crippen LogP contribution is -2.27. The van der Waals surface area contributed by atoms with Crippen molar-refractivity contribution in [2.75, 3.05) is 13.1 Å². The fourth-order valence-corrected chi connectivity index (χ4v) is 6.11. The van der Waals surface area contributed by atoms with Gasteiger partial charge in [-0.25, -0.2) is 8.42 Å². The van der Waals surface area contributed by atoms with Crippen LogP contribution in [0.2, 0.25) is 0 Å². The van der Waals surface area contributed by atoms with Gasteiger partial charge in [-0.15, -0.1) is 10.2 Å². The summed E-state index contributed by atoms with van der Waals surface area (Å²) in [5.74, 6) is 1.36. The van der Waals surface area contributed by atoms with Crippen molar-refractivity contribution >= 4 is 21.8 Å². The van der Waals surface area contributed by atoms with E-state index >= 15 is 0 Å². The zero-order valence-electron chi connectivity index (χ0n) is 17.2. The summed E-state index contributed by atoms with van der Waals surface area (Å²) in [4.78, 5) is 0.296. The quantitative estimate of drug-likeness (QED) is 0.504. The summed E-state index contributed by atoms with van der Waals surface area (Å²) < 4.78 is 29.4. The average Bonchev–Trinajstić information content (AvgIpc) is 3.48. The predicted molar refractivity (Wildman–Crippen MR) is 120 cm³/mol. The monoisotopic (exact) mass is 453 g/mol. The molecule has 0 radical (unpaired) electrons. The molecular weight excluding hydrogens is 430 g/mol. The molecule has 1 saturated heterocycles. The van der Waals surface area contributed by atoms with Gasteiger partial charge in [0.1, 0.15) is 0 Å². The Bertz CT molecular complexity index is 1210. The Morgan fingerprint density at radius 3 is 2.52 bits per heavy atom. The highest BCUT2D eigenvalue weighted by molar-refractivity contribution is 7.98. The largest absolute Gasteiger partial charge is 0.302 e. The molecule has 0 spiro atoms. The minimum atomic E-state index is -3.49. The van der Waals surface area contributed by atoms with Crippen LogP contribution in [0, 0.1) is 11.3 Å². The van der Waals surface area contributed by atoms with Crippen molar-refractivity contribution in [3.05, 3.63) is 59.7 Å². The lowest BCUT2D eigenvalue weighted by atomic mass is 10.2. The van der Waals surface area contributed by atoms with Gasteiger partial charge in [-0.05, 0) is 49.6 Å². The number of aromatic nitrogens is 3. The molecule has 1 aliphatic rings. The van der Waals surface area contributed by atoms with Crippen LogP contribution in [0.1, 0.15) is 30.9 Å². The molecule has 0 atom stereocenters. The van der Waals surface area contributed by atoms with E-state index in [1.807, 2.05) is 29.7 Å². The average molecular weight is 454 g/mol. The molecule has 0 amide bonds. The van der Waals surface area contributed by atoms with Gasteiger partial charge in [0.05, 0.1) is 16.5 Å². The maximum absolute atomic E-state index is 12.9. The molecule has 4 rings (SSSR count). The Balaban J connectivity index is 1.57. The normalized spacial score (nSPS) is 14.6. The molecule has 2 aromatic carbocycles. The van der Waals surface area contributed by atoms with Crippen LogP contribution in [0.4, 0.5) is 0 Å². The molecule has 0 saturated carbocycles. The number of nitriles is 1. The molecule has 7 nitrogen and oxygen atoms in total. The van der Waals surface area contributed by atoms with Crippen molar-refractivity contribution in [2.24, 2.45) is 0 Å². The molecular formula is C22H23N5O2S2. The second-order valence-electron chi connectivity index (χ2n) is 7.29. The smallest absolute Gasteiger partial charge is 0.243 e. The van der Waals surface area contributed by atoms with Crippen molar-refractivity contribution in [3.63, 3.8) is 0 Å². The van der Waals surface area contributed by atoms with Crippen molar-refractivity contribution in [3.8, 4) is 17.5 Å². The summed E-state index contributed by atoms with van der Waals surface area (Å²) in [6.45, 7) is 3.84. The van der Waals surface area contributed by atoms with E-state index in [-0.39, 0.29) is 0 Å². The highest BCUT2D eigenvalue weighted by atomic mass is 32.2. The van der Waals surface area contributed by atoms with Crippen LogP contribution < -0.4 is 0 Å². The number of hydrogen-bond donors (Lipinski definition) is 0. The Hall–Kier alpha value is -2.67. The third-order valence-electron chi connectivity index (χ3n) is 5.28. The molecule has 1 fully saturated rings. The third kappa shape index (κ3) is 4.51. The predicted octanol–water partition coefficient (Wildman–Crippen LogP) is 3.91. The van der Waals surface area contributed by atoms with E-state index in [2.05, 4.69) is 16.3 Å². The number of sulfonamides is 1. The minimum absolute atomic E-state index is 0.296. The van der Waals surface area contributed by atoms with Crippen molar-refractivity contribution in [1.29, 1.82) is 5.26 Å². The number of hydrogen-bond acceptors (Lipinski definition) is 6. The Kier molecular flexibility index (Phi) is 6.41. The minimum Gasteiger partial charge on any atom is -0.302 e. The van der Waals surface area contributed by atoms with E-state index in [9.17, 15) is 8.42 Å². The standard InChI is InChI=1S/C22H23N5O2S2/c1-2-27-21(24-25-22(27)30-16-18-10-8-17(15-23)9-11-18)19-6-5-7-20(14-19)31(28,29)26-12-3-4-13-26/h5-11,14H,2-4,12-13,16H2,1H3. The lowest BCUT2D eigenvalue weighted by Gasteiger charge is -2.16. The zero-order chi connectivity index (χ0) is 21.8. The first-order valence-corrected chi connectivity index (χ1v) is 12.6. The molecule has 9 heteroatoms. The molecule has 2 heterocycles. The van der Waals surface area contributed by atoms with Crippen LogP contribution in [0.15, 0.2) is 58.6 Å². The SMILES string of the molecule is CCn1c(SCc2ccc(C#N)cc2)nnc1-c1cccc(S(=O)(=O)N2CCCC2)c1. The summed E-state index contributed by atoms with van der Waals surface area (Å²) in [6, 6.07) is 16.6. The second kappa shape index (κ2) is 9.22. The van der Waals surface area contributed by atoms with Gasteiger partial charge in [-0.2, -0.15) is 9.57 Å². The maximum Gasteiger partial charge on any atom is 0.243 e. The molecule has 160 valence electrons. The Morgan fingerprint density at radius 1 is 1.10 bits per heavy atom. The van der Waals surface area contributed by atoms with Crippen LogP contribution in [0.3, 0.4) is 0 Å². The number of nitrogens with zero attached hydrogens (tertiary/aromatic N) is 5. The number of thioether (sulfide) groups is 1. The van der Waals surface area contributed by atoms with Crippen LogP contribution in [0.5, 0.6) is 0 Å². The molecule has 0 aliphatic carbocycles. The van der Waals surface area contributed by atoms with Crippen LogP contribution >= 0.6 is 11.8 Å². The molecule has 1 aromatic heterocycles. The topological polar surface area (TPSA) is 91.9 Å². The summed E-state index contributed by atoms with van der Waals surface area (Å²) >= 11 is 1.56. The first-order chi connectivity index (χ1) is 15.0. The van der Waals surface area contributed by atoms with Crippen molar-refractivity contribution < 1.29 is 8.42 Å². The van der Waals surface area contributed by atoms with E-state index < -0.39 is 10.0 Å². The van der Waals surface area contributed by atoms with Crippen LogP contribution in [-0.4, -0.2) is 40.6 Å². The van der Waals surface area contributed by atoms with E-state index in [0.29, 0.717) is 41.7 Å². The van der Waals surface area contributed by atoms with Gasteiger partial charge in [-0.1, -0.05) is 36.0 Å². The van der Waals surface area contributed by atoms with E-state index in [0.717, 1.165) is 29.1 Å². The molecule has 0 unspecified atom stereocenters. The zero-order valence-corrected chi connectivity index (χ0v) is 18.9. The van der Waals surface area contributed by atoms with Gasteiger partial charge in [0, 0.05) is 31.0 Å². The van der Waals surface area contributed by atoms with Gasteiger partial charge >= 0.3 is 0 Å². The van der Waals surface area contributed by atoms with Crippen LogP contribution in [-0.2, 0) is 22.3 Å². The highest BCUT2D eigenvalue weighted by Gasteiger charge is 2.27. The summed E-state index contributed by atoms with van der Waals surface area (Å²) in [5, 5.41) is 18.4. The highest BCUT2D eigenvalue weighted by Crippen LogP contribution is 2.29. The van der Waals surface area contributed by atoms with E-state index in [4.69, 9.17) is 5.26 Å². The van der Waals surface area contributed by atoms with Crippen molar-refractivity contribution in [2.45, 2.75) is 42.1 Å². The molecule has 3 aromatic rings. The molecule has 0 N–H and O–H groups in total. The van der Waals surface area contributed by atoms with Gasteiger partial charge < -0.3 is 4.57 Å². The molecule has 0 bridgehead atoms. The van der Waals surface area contributed by atoms with Gasteiger partial charge in [-0.3, -0.25) is 0 Å². The Morgan fingerprint density at radius 2 is 1.84 bits per heavy atom. The van der Waals surface area contributed by atoms with Gasteiger partial charge in [0.25, 0.3) is 0 Å². The summed E-state index contributed by atoms with van der Waals surface area (Å²) in [5.41, 5.74) is 2.46. The summed E-state index contributed by atoms with van der Waals surface area (Å²) in [6.07, 6.45) is 1.81. The van der Waals surface area contributed by atoms with E-state index in [1.54, 1.807) is 46.4 Å². The first-order valence-electron chi connectivity index (χ1n) is 10.2. The fourth-order valence-electron chi connectivity index (χ4n) is 3.59. The van der Waals surface area contributed by atoms with Gasteiger partial charge in [0.15, 0.2) is 11.0 Å². The Labute approximate surface area is 186 Å². The fraction of sp³-hybridized carbons (Fsp3) is 0.318. The lowest BCUT2D eigenvalue weighted by molar-refractivity contribution is 0.477. The summed E-state index contributed by atoms with van der Waals surface area (Å²) in [7, 11) is -3.49.